The number of carboxylic acids is 1. The van der Waals surface area contributed by atoms with Crippen molar-refractivity contribution in [2.75, 3.05) is 0 Å². The zero-order valence-electron chi connectivity index (χ0n) is 12.8. The molecule has 118 valence electrons. The third-order valence-corrected chi connectivity index (χ3v) is 4.23. The summed E-state index contributed by atoms with van der Waals surface area (Å²) >= 11 is 0. The first-order chi connectivity index (χ1) is 11.1. The van der Waals surface area contributed by atoms with Gasteiger partial charge in [0.05, 0.1) is 0 Å². The molecule has 2 amide bonds. The molecule has 1 aliphatic heterocycles. The molecule has 1 atom stereocenters. The van der Waals surface area contributed by atoms with Crippen LogP contribution >= 0.6 is 0 Å². The average Bonchev–Trinajstić information content (AvgIpc) is 2.55. The minimum Gasteiger partial charge on any atom is -0.480 e. The van der Waals surface area contributed by atoms with Crippen LogP contribution in [0.1, 0.15) is 46.9 Å². The van der Waals surface area contributed by atoms with Crippen molar-refractivity contribution in [2.24, 2.45) is 0 Å². The van der Waals surface area contributed by atoms with Gasteiger partial charge < -0.3 is 5.11 Å². The molecule has 1 N–H and O–H groups in total. The van der Waals surface area contributed by atoms with Crippen molar-refractivity contribution in [2.45, 2.75) is 32.2 Å². The van der Waals surface area contributed by atoms with Crippen LogP contribution in [0.15, 0.2) is 36.4 Å². The van der Waals surface area contributed by atoms with E-state index in [1.165, 1.54) is 0 Å². The number of carboxylic acid groups (broad SMARTS) is 1. The summed E-state index contributed by atoms with van der Waals surface area (Å²) in [6.07, 6.45) is 1.70. The number of carbonyl (C=O) groups excluding carboxylic acids is 2. The van der Waals surface area contributed by atoms with E-state index in [0.717, 1.165) is 16.7 Å². The maximum Gasteiger partial charge on any atom is 0.326 e. The number of unbranched alkanes of at least 4 members (excludes halogenated alkanes) is 1. The first-order valence-electron chi connectivity index (χ1n) is 7.68. The highest BCUT2D eigenvalue weighted by Crippen LogP contribution is 2.31. The molecule has 0 saturated carbocycles. The van der Waals surface area contributed by atoms with Gasteiger partial charge in [0.25, 0.3) is 11.8 Å². The molecule has 2 aromatic carbocycles. The molecule has 23 heavy (non-hydrogen) atoms. The number of amides is 2. The van der Waals surface area contributed by atoms with E-state index in [-0.39, 0.29) is 6.42 Å². The Balaban J connectivity index is 2.14. The predicted molar refractivity (Wildman–Crippen MR) is 85.4 cm³/mol. The van der Waals surface area contributed by atoms with E-state index in [4.69, 9.17) is 0 Å². The fourth-order valence-electron chi connectivity index (χ4n) is 3.09. The van der Waals surface area contributed by atoms with Crippen molar-refractivity contribution < 1.29 is 19.5 Å². The van der Waals surface area contributed by atoms with Crippen LogP contribution in [0.3, 0.4) is 0 Å². The lowest BCUT2D eigenvalue weighted by Crippen LogP contribution is -2.50. The molecule has 2 aromatic rings. The number of hydrogen-bond donors (Lipinski definition) is 1. The molecule has 5 nitrogen and oxygen atoms in total. The van der Waals surface area contributed by atoms with Crippen molar-refractivity contribution in [1.29, 1.82) is 0 Å². The van der Waals surface area contributed by atoms with E-state index < -0.39 is 23.8 Å². The van der Waals surface area contributed by atoms with Crippen LogP contribution in [0.2, 0.25) is 0 Å². The fourth-order valence-corrected chi connectivity index (χ4v) is 3.09. The smallest absolute Gasteiger partial charge is 0.326 e. The van der Waals surface area contributed by atoms with Crippen LogP contribution < -0.4 is 0 Å². The highest BCUT2D eigenvalue weighted by Gasteiger charge is 2.40. The van der Waals surface area contributed by atoms with Gasteiger partial charge in [0, 0.05) is 16.5 Å². The Kier molecular flexibility index (Phi) is 3.86. The van der Waals surface area contributed by atoms with E-state index in [1.807, 2.05) is 19.1 Å². The van der Waals surface area contributed by atoms with Crippen molar-refractivity contribution in [3.8, 4) is 0 Å². The predicted octanol–water partition coefficient (Wildman–Crippen LogP) is 3.08. The molecule has 0 saturated heterocycles. The number of aliphatic carboxylic acids is 1. The number of imide groups is 1. The van der Waals surface area contributed by atoms with Crippen molar-refractivity contribution in [3.05, 3.63) is 47.5 Å². The van der Waals surface area contributed by atoms with Crippen LogP contribution in [0.5, 0.6) is 0 Å². The first-order valence-corrected chi connectivity index (χ1v) is 7.68. The fraction of sp³-hybridized carbons (Fsp3) is 0.278. The Morgan fingerprint density at radius 1 is 1.09 bits per heavy atom. The summed E-state index contributed by atoms with van der Waals surface area (Å²) in [5.74, 6) is -2.20. The van der Waals surface area contributed by atoms with Crippen LogP contribution in [-0.4, -0.2) is 33.8 Å². The van der Waals surface area contributed by atoms with Gasteiger partial charge in [-0.3, -0.25) is 14.5 Å². The number of benzene rings is 2. The van der Waals surface area contributed by atoms with Gasteiger partial charge in [-0.05, 0) is 23.9 Å². The van der Waals surface area contributed by atoms with Gasteiger partial charge in [-0.15, -0.1) is 0 Å². The maximum atomic E-state index is 12.8. The van der Waals surface area contributed by atoms with Gasteiger partial charge >= 0.3 is 5.97 Å². The number of carbonyl (C=O) groups is 3. The lowest BCUT2D eigenvalue weighted by Gasteiger charge is -2.31. The Hall–Kier alpha value is -2.69. The number of rotatable bonds is 5. The third-order valence-electron chi connectivity index (χ3n) is 4.23. The van der Waals surface area contributed by atoms with Gasteiger partial charge in [0.1, 0.15) is 6.04 Å². The highest BCUT2D eigenvalue weighted by molar-refractivity contribution is 6.26. The standard InChI is InChI=1S/C18H17NO4/c1-2-3-10-14(18(22)23)19-16(20)12-8-4-6-11-7-5-9-13(15(11)12)17(19)21/h4-9,14H,2-3,10H2,1H3,(H,22,23)/t14-/m1/s1. The summed E-state index contributed by atoms with van der Waals surface area (Å²) in [7, 11) is 0. The second-order valence-corrected chi connectivity index (χ2v) is 5.69. The number of hydrogen-bond acceptors (Lipinski definition) is 3. The molecule has 0 aliphatic carbocycles. The Labute approximate surface area is 133 Å². The van der Waals surface area contributed by atoms with Crippen LogP contribution in [0, 0.1) is 0 Å². The zero-order chi connectivity index (χ0) is 16.6. The van der Waals surface area contributed by atoms with Crippen LogP contribution in [-0.2, 0) is 4.79 Å². The minimum absolute atomic E-state index is 0.265. The topological polar surface area (TPSA) is 74.7 Å². The molecular weight excluding hydrogens is 294 g/mol. The first kappa shape index (κ1) is 15.2. The molecular formula is C18H17NO4. The highest BCUT2D eigenvalue weighted by atomic mass is 16.4. The molecule has 1 aliphatic rings. The molecule has 0 bridgehead atoms. The maximum absolute atomic E-state index is 12.8. The lowest BCUT2D eigenvalue weighted by atomic mass is 9.92. The van der Waals surface area contributed by atoms with E-state index in [1.54, 1.807) is 24.3 Å². The molecule has 0 aromatic heterocycles. The van der Waals surface area contributed by atoms with E-state index in [9.17, 15) is 19.5 Å². The van der Waals surface area contributed by atoms with Crippen molar-refractivity contribution in [1.82, 2.24) is 4.90 Å². The summed E-state index contributed by atoms with van der Waals surface area (Å²) in [6, 6.07) is 9.33. The second kappa shape index (κ2) is 5.83. The van der Waals surface area contributed by atoms with Crippen molar-refractivity contribution in [3.63, 3.8) is 0 Å². The molecule has 0 spiro atoms. The third kappa shape index (κ3) is 2.38. The van der Waals surface area contributed by atoms with E-state index in [0.29, 0.717) is 22.9 Å². The Morgan fingerprint density at radius 2 is 1.65 bits per heavy atom. The molecule has 0 fully saturated rings. The average molecular weight is 311 g/mol. The van der Waals surface area contributed by atoms with E-state index >= 15 is 0 Å². The summed E-state index contributed by atoms with van der Waals surface area (Å²) in [5, 5.41) is 10.9. The molecule has 3 rings (SSSR count). The van der Waals surface area contributed by atoms with Gasteiger partial charge in [-0.25, -0.2) is 4.79 Å². The minimum atomic E-state index is -1.15. The number of nitrogens with zero attached hydrogens (tertiary/aromatic N) is 1. The largest absolute Gasteiger partial charge is 0.480 e. The normalized spacial score (nSPS) is 15.1. The van der Waals surface area contributed by atoms with Gasteiger partial charge in [0.15, 0.2) is 0 Å². The Bertz CT molecular complexity index is 761. The SMILES string of the molecule is CCCC[C@H](C(=O)O)N1C(=O)c2cccc3cccc(c23)C1=O. The Morgan fingerprint density at radius 3 is 2.13 bits per heavy atom. The molecule has 1 heterocycles. The lowest BCUT2D eigenvalue weighted by molar-refractivity contribution is -0.141. The summed E-state index contributed by atoms with van der Waals surface area (Å²) in [5.41, 5.74) is 0.779. The van der Waals surface area contributed by atoms with Crippen molar-refractivity contribution >= 4 is 28.6 Å². The van der Waals surface area contributed by atoms with Gasteiger partial charge in [0.2, 0.25) is 0 Å². The van der Waals surface area contributed by atoms with Gasteiger partial charge in [-0.2, -0.15) is 0 Å². The monoisotopic (exact) mass is 311 g/mol. The van der Waals surface area contributed by atoms with Crippen LogP contribution in [0.4, 0.5) is 0 Å². The quantitative estimate of drug-likeness (QED) is 0.861. The molecule has 0 radical (unpaired) electrons. The second-order valence-electron chi connectivity index (χ2n) is 5.69. The zero-order valence-corrected chi connectivity index (χ0v) is 12.8. The summed E-state index contributed by atoms with van der Waals surface area (Å²) in [4.78, 5) is 38.0. The molecule has 0 unspecified atom stereocenters. The molecule has 5 heteroatoms. The summed E-state index contributed by atoms with van der Waals surface area (Å²) in [6.45, 7) is 1.94. The van der Waals surface area contributed by atoms with Gasteiger partial charge in [-0.1, -0.05) is 44.0 Å². The summed E-state index contributed by atoms with van der Waals surface area (Å²) < 4.78 is 0. The van der Waals surface area contributed by atoms with E-state index in [2.05, 4.69) is 0 Å². The van der Waals surface area contributed by atoms with Crippen LogP contribution in [0.25, 0.3) is 10.8 Å².